The normalized spacial score (nSPS) is 10.8. The van der Waals surface area contributed by atoms with Gasteiger partial charge in [0.1, 0.15) is 0 Å². The van der Waals surface area contributed by atoms with E-state index in [1.807, 2.05) is 11.9 Å². The zero-order chi connectivity index (χ0) is 12.0. The van der Waals surface area contributed by atoms with Crippen LogP contribution in [-0.2, 0) is 4.79 Å². The molecule has 0 aromatic carbocycles. The highest BCUT2D eigenvalue weighted by Crippen LogP contribution is 2.03. The van der Waals surface area contributed by atoms with E-state index in [2.05, 4.69) is 15.5 Å². The first-order valence-electron chi connectivity index (χ1n) is 5.10. The number of carbonyl (C=O) groups is 1. The van der Waals surface area contributed by atoms with Crippen LogP contribution in [0, 0.1) is 6.92 Å². The van der Waals surface area contributed by atoms with E-state index in [1.165, 1.54) is 0 Å². The first kappa shape index (κ1) is 12.6. The largest absolute Gasteiger partial charge is 0.408 e. The zero-order valence-corrected chi connectivity index (χ0v) is 9.56. The molecule has 7 heteroatoms. The Morgan fingerprint density at radius 1 is 1.56 bits per heavy atom. The Kier molecular flexibility index (Phi) is 4.87. The Hall–Kier alpha value is -1.47. The van der Waals surface area contributed by atoms with Gasteiger partial charge in [-0.1, -0.05) is 5.10 Å². The van der Waals surface area contributed by atoms with Gasteiger partial charge in [0.2, 0.25) is 11.8 Å². The Bertz CT molecular complexity index is 338. The lowest BCUT2D eigenvalue weighted by Gasteiger charge is -2.14. The van der Waals surface area contributed by atoms with Crippen molar-refractivity contribution in [1.29, 1.82) is 0 Å². The van der Waals surface area contributed by atoms with Crippen molar-refractivity contribution in [1.82, 2.24) is 15.1 Å². The van der Waals surface area contributed by atoms with Crippen LogP contribution in [0.15, 0.2) is 4.42 Å². The Balaban J connectivity index is 2.30. The van der Waals surface area contributed by atoms with Gasteiger partial charge in [0.15, 0.2) is 0 Å². The van der Waals surface area contributed by atoms with E-state index in [0.717, 1.165) is 13.0 Å². The second-order valence-electron chi connectivity index (χ2n) is 3.55. The standard InChI is InChI=1S/C9H17N5O2/c1-7-12-13-9(16-7)11-8(15)6-14(2)5-3-4-10/h3-6,10H2,1-2H3,(H,11,13,15). The second-order valence-corrected chi connectivity index (χ2v) is 3.55. The van der Waals surface area contributed by atoms with Crippen LogP contribution in [0.25, 0.3) is 0 Å². The van der Waals surface area contributed by atoms with Crippen molar-refractivity contribution in [2.24, 2.45) is 5.73 Å². The van der Waals surface area contributed by atoms with Gasteiger partial charge in [0.05, 0.1) is 6.54 Å². The molecular formula is C9H17N5O2. The monoisotopic (exact) mass is 227 g/mol. The summed E-state index contributed by atoms with van der Waals surface area (Å²) < 4.78 is 5.02. The molecule has 90 valence electrons. The van der Waals surface area contributed by atoms with Crippen LogP contribution in [0.4, 0.5) is 6.01 Å². The summed E-state index contributed by atoms with van der Waals surface area (Å²) in [6.45, 7) is 3.35. The number of aromatic nitrogens is 2. The summed E-state index contributed by atoms with van der Waals surface area (Å²) in [4.78, 5) is 13.4. The molecule has 0 fully saturated rings. The van der Waals surface area contributed by atoms with Gasteiger partial charge in [-0.05, 0) is 26.6 Å². The molecule has 1 aromatic heterocycles. The SMILES string of the molecule is Cc1nnc(NC(=O)CN(C)CCCN)o1. The first-order valence-corrected chi connectivity index (χ1v) is 5.10. The predicted molar refractivity (Wildman–Crippen MR) is 58.8 cm³/mol. The minimum atomic E-state index is -0.178. The van der Waals surface area contributed by atoms with E-state index in [9.17, 15) is 4.79 Å². The molecule has 0 saturated heterocycles. The maximum atomic E-state index is 11.5. The summed E-state index contributed by atoms with van der Waals surface area (Å²) in [5.41, 5.74) is 5.37. The molecule has 0 bridgehead atoms. The number of amides is 1. The summed E-state index contributed by atoms with van der Waals surface area (Å²) in [5, 5.41) is 9.79. The molecule has 3 N–H and O–H groups in total. The van der Waals surface area contributed by atoms with Crippen LogP contribution >= 0.6 is 0 Å². The van der Waals surface area contributed by atoms with Crippen molar-refractivity contribution >= 4 is 11.9 Å². The molecule has 1 heterocycles. The highest BCUT2D eigenvalue weighted by molar-refractivity contribution is 5.90. The van der Waals surface area contributed by atoms with Gasteiger partial charge in [-0.3, -0.25) is 15.0 Å². The summed E-state index contributed by atoms with van der Waals surface area (Å²) >= 11 is 0. The van der Waals surface area contributed by atoms with E-state index in [1.54, 1.807) is 6.92 Å². The van der Waals surface area contributed by atoms with Crippen molar-refractivity contribution < 1.29 is 9.21 Å². The molecule has 1 amide bonds. The lowest BCUT2D eigenvalue weighted by atomic mass is 10.4. The first-order chi connectivity index (χ1) is 7.61. The van der Waals surface area contributed by atoms with Gasteiger partial charge in [-0.25, -0.2) is 0 Å². The third kappa shape index (κ3) is 4.37. The fraction of sp³-hybridized carbons (Fsp3) is 0.667. The van der Waals surface area contributed by atoms with Crippen LogP contribution in [0.5, 0.6) is 0 Å². The molecule has 0 spiro atoms. The Labute approximate surface area is 94.0 Å². The van der Waals surface area contributed by atoms with Gasteiger partial charge >= 0.3 is 6.01 Å². The molecule has 0 atom stereocenters. The highest BCUT2D eigenvalue weighted by Gasteiger charge is 2.09. The van der Waals surface area contributed by atoms with Gasteiger partial charge < -0.3 is 10.2 Å². The Morgan fingerprint density at radius 2 is 2.31 bits per heavy atom. The van der Waals surface area contributed by atoms with E-state index < -0.39 is 0 Å². The molecule has 1 aromatic rings. The molecule has 0 aliphatic rings. The van der Waals surface area contributed by atoms with Crippen molar-refractivity contribution in [2.45, 2.75) is 13.3 Å². The van der Waals surface area contributed by atoms with Crippen molar-refractivity contribution in [2.75, 3.05) is 32.0 Å². The van der Waals surface area contributed by atoms with E-state index >= 15 is 0 Å². The summed E-state index contributed by atoms with van der Waals surface area (Å²) in [6, 6.07) is 0.134. The van der Waals surface area contributed by atoms with E-state index in [0.29, 0.717) is 12.4 Å². The maximum absolute atomic E-state index is 11.5. The number of nitrogens with one attached hydrogen (secondary N) is 1. The maximum Gasteiger partial charge on any atom is 0.322 e. The molecule has 0 aliphatic carbocycles. The summed E-state index contributed by atoms with van der Waals surface area (Å²) in [7, 11) is 1.86. The van der Waals surface area contributed by atoms with Crippen molar-refractivity contribution in [3.8, 4) is 0 Å². The number of aryl methyl sites for hydroxylation is 1. The third-order valence-corrected chi connectivity index (χ3v) is 1.93. The van der Waals surface area contributed by atoms with Crippen LogP contribution in [0.3, 0.4) is 0 Å². The number of anilines is 1. The average Bonchev–Trinajstić information content (AvgIpc) is 2.60. The quantitative estimate of drug-likeness (QED) is 0.686. The minimum Gasteiger partial charge on any atom is -0.408 e. The molecule has 16 heavy (non-hydrogen) atoms. The predicted octanol–water partition coefficient (Wildman–Crippen LogP) is -0.403. The van der Waals surface area contributed by atoms with Gasteiger partial charge in [-0.15, -0.1) is 5.10 Å². The molecule has 0 radical (unpaired) electrons. The highest BCUT2D eigenvalue weighted by atomic mass is 16.4. The van der Waals surface area contributed by atoms with Crippen LogP contribution in [0.1, 0.15) is 12.3 Å². The van der Waals surface area contributed by atoms with Crippen LogP contribution in [0.2, 0.25) is 0 Å². The molecule has 0 unspecified atom stereocenters. The number of nitrogens with zero attached hydrogens (tertiary/aromatic N) is 3. The van der Waals surface area contributed by atoms with Crippen molar-refractivity contribution in [3.05, 3.63) is 5.89 Å². The molecular weight excluding hydrogens is 210 g/mol. The number of hydrogen-bond acceptors (Lipinski definition) is 6. The number of nitrogens with two attached hydrogens (primary N) is 1. The topological polar surface area (TPSA) is 97.3 Å². The lowest BCUT2D eigenvalue weighted by Crippen LogP contribution is -2.31. The van der Waals surface area contributed by atoms with E-state index in [-0.39, 0.29) is 18.5 Å². The smallest absolute Gasteiger partial charge is 0.322 e. The number of rotatable bonds is 6. The van der Waals surface area contributed by atoms with Gasteiger partial charge in [-0.2, -0.15) is 0 Å². The van der Waals surface area contributed by atoms with E-state index in [4.69, 9.17) is 10.2 Å². The molecule has 1 rings (SSSR count). The average molecular weight is 227 g/mol. The number of likely N-dealkylation sites (N-methyl/N-ethyl adjacent to an activating group) is 1. The van der Waals surface area contributed by atoms with Crippen molar-refractivity contribution in [3.63, 3.8) is 0 Å². The van der Waals surface area contributed by atoms with Crippen LogP contribution < -0.4 is 11.1 Å². The van der Waals surface area contributed by atoms with Gasteiger partial charge in [0.25, 0.3) is 0 Å². The number of carbonyl (C=O) groups excluding carboxylic acids is 1. The Morgan fingerprint density at radius 3 is 2.88 bits per heavy atom. The zero-order valence-electron chi connectivity index (χ0n) is 9.56. The second kappa shape index (κ2) is 6.19. The van der Waals surface area contributed by atoms with Crippen LogP contribution in [-0.4, -0.2) is 47.7 Å². The third-order valence-electron chi connectivity index (χ3n) is 1.93. The minimum absolute atomic E-state index is 0.134. The fourth-order valence-electron chi connectivity index (χ4n) is 1.19. The fourth-order valence-corrected chi connectivity index (χ4v) is 1.19. The number of hydrogen-bond donors (Lipinski definition) is 2. The molecule has 7 nitrogen and oxygen atoms in total. The summed E-state index contributed by atoms with van der Waals surface area (Å²) in [5.74, 6) is 0.245. The summed E-state index contributed by atoms with van der Waals surface area (Å²) in [6.07, 6.45) is 0.865. The molecule has 0 saturated carbocycles. The molecule has 0 aliphatic heterocycles. The van der Waals surface area contributed by atoms with Gasteiger partial charge in [0, 0.05) is 6.92 Å². The lowest BCUT2D eigenvalue weighted by molar-refractivity contribution is -0.117.